The van der Waals surface area contributed by atoms with E-state index in [2.05, 4.69) is 44.8 Å². The molecule has 2 heteroatoms. The van der Waals surface area contributed by atoms with Gasteiger partial charge in [-0.25, -0.2) is 0 Å². The summed E-state index contributed by atoms with van der Waals surface area (Å²) in [6, 6.07) is 0.647. The number of nitrogens with one attached hydrogen (secondary N) is 1. The molecule has 84 valence electrons. The van der Waals surface area contributed by atoms with Crippen molar-refractivity contribution >= 4 is 0 Å². The van der Waals surface area contributed by atoms with Gasteiger partial charge in [-0.1, -0.05) is 20.8 Å². The van der Waals surface area contributed by atoms with Crippen molar-refractivity contribution < 1.29 is 0 Å². The quantitative estimate of drug-likeness (QED) is 0.747. The second-order valence-electron chi connectivity index (χ2n) is 5.43. The third kappa shape index (κ3) is 2.71. The zero-order valence-electron chi connectivity index (χ0n) is 10.4. The van der Waals surface area contributed by atoms with Gasteiger partial charge >= 0.3 is 0 Å². The molecule has 0 aromatic rings. The van der Waals surface area contributed by atoms with E-state index in [-0.39, 0.29) is 0 Å². The van der Waals surface area contributed by atoms with E-state index in [4.69, 9.17) is 0 Å². The zero-order valence-corrected chi connectivity index (χ0v) is 10.4. The third-order valence-corrected chi connectivity index (χ3v) is 3.44. The summed E-state index contributed by atoms with van der Waals surface area (Å²) in [7, 11) is 0. The Morgan fingerprint density at radius 2 is 2.14 bits per heavy atom. The monoisotopic (exact) mass is 198 g/mol. The van der Waals surface area contributed by atoms with Gasteiger partial charge in [-0.05, 0) is 26.2 Å². The molecule has 1 rings (SSSR count). The first-order valence-corrected chi connectivity index (χ1v) is 5.96. The molecular formula is C12H26N2. The van der Waals surface area contributed by atoms with Crippen LogP contribution in [0.2, 0.25) is 0 Å². The fourth-order valence-electron chi connectivity index (χ4n) is 2.21. The lowest BCUT2D eigenvalue weighted by molar-refractivity contribution is 0.0424. The van der Waals surface area contributed by atoms with Crippen LogP contribution < -0.4 is 5.32 Å². The molecule has 0 spiro atoms. The van der Waals surface area contributed by atoms with Crippen molar-refractivity contribution in [3.63, 3.8) is 0 Å². The molecule has 1 N–H and O–H groups in total. The molecule has 0 saturated carbocycles. The van der Waals surface area contributed by atoms with Crippen molar-refractivity contribution in [2.24, 2.45) is 5.92 Å². The molecule has 0 amide bonds. The number of hydrogen-bond donors (Lipinski definition) is 1. The minimum Gasteiger partial charge on any atom is -0.311 e. The van der Waals surface area contributed by atoms with Crippen LogP contribution in [0.15, 0.2) is 0 Å². The SMILES string of the molecule is CCC1(C)CNC(C)CN1CC(C)C. The van der Waals surface area contributed by atoms with Gasteiger partial charge in [-0.2, -0.15) is 0 Å². The Labute approximate surface area is 89.1 Å². The van der Waals surface area contributed by atoms with Crippen LogP contribution in [-0.4, -0.2) is 36.1 Å². The number of rotatable bonds is 3. The van der Waals surface area contributed by atoms with E-state index in [1.807, 2.05) is 0 Å². The van der Waals surface area contributed by atoms with Crippen LogP contribution in [0.1, 0.15) is 41.0 Å². The molecule has 1 saturated heterocycles. The van der Waals surface area contributed by atoms with Crippen LogP contribution in [0.5, 0.6) is 0 Å². The smallest absolute Gasteiger partial charge is 0.0304 e. The molecule has 0 aromatic heterocycles. The summed E-state index contributed by atoms with van der Waals surface area (Å²) < 4.78 is 0. The first-order chi connectivity index (χ1) is 6.48. The lowest BCUT2D eigenvalue weighted by Gasteiger charge is -2.48. The normalized spacial score (nSPS) is 35.1. The summed E-state index contributed by atoms with van der Waals surface area (Å²) in [4.78, 5) is 2.67. The van der Waals surface area contributed by atoms with E-state index < -0.39 is 0 Å². The molecule has 0 aliphatic carbocycles. The van der Waals surface area contributed by atoms with Crippen LogP contribution in [0.4, 0.5) is 0 Å². The fraction of sp³-hybridized carbons (Fsp3) is 1.00. The topological polar surface area (TPSA) is 15.3 Å². The van der Waals surface area contributed by atoms with Gasteiger partial charge in [-0.3, -0.25) is 4.90 Å². The number of piperazine rings is 1. The van der Waals surface area contributed by atoms with Gasteiger partial charge in [0.25, 0.3) is 0 Å². The second-order valence-corrected chi connectivity index (χ2v) is 5.43. The Morgan fingerprint density at radius 3 is 2.64 bits per heavy atom. The van der Waals surface area contributed by atoms with Gasteiger partial charge in [0, 0.05) is 31.2 Å². The van der Waals surface area contributed by atoms with Crippen LogP contribution in [0.3, 0.4) is 0 Å². The van der Waals surface area contributed by atoms with Gasteiger partial charge in [0.05, 0.1) is 0 Å². The number of hydrogen-bond acceptors (Lipinski definition) is 2. The standard InChI is InChI=1S/C12H26N2/c1-6-12(5)9-13-11(4)8-14(12)7-10(2)3/h10-11,13H,6-9H2,1-5H3. The highest BCUT2D eigenvalue weighted by Crippen LogP contribution is 2.23. The van der Waals surface area contributed by atoms with Crippen molar-refractivity contribution in [2.45, 2.75) is 52.6 Å². The third-order valence-electron chi connectivity index (χ3n) is 3.44. The summed E-state index contributed by atoms with van der Waals surface area (Å²) in [6.45, 7) is 15.1. The van der Waals surface area contributed by atoms with E-state index in [0.29, 0.717) is 11.6 Å². The van der Waals surface area contributed by atoms with Gasteiger partial charge < -0.3 is 5.32 Å². The van der Waals surface area contributed by atoms with Crippen molar-refractivity contribution in [2.75, 3.05) is 19.6 Å². The van der Waals surface area contributed by atoms with Crippen molar-refractivity contribution in [3.05, 3.63) is 0 Å². The Balaban J connectivity index is 2.63. The molecule has 2 nitrogen and oxygen atoms in total. The first-order valence-electron chi connectivity index (χ1n) is 5.96. The molecule has 0 bridgehead atoms. The number of nitrogens with zero attached hydrogens (tertiary/aromatic N) is 1. The largest absolute Gasteiger partial charge is 0.311 e. The average molecular weight is 198 g/mol. The minimum absolute atomic E-state index is 0.372. The lowest BCUT2D eigenvalue weighted by atomic mass is 9.91. The Hall–Kier alpha value is -0.0800. The Bertz CT molecular complexity index is 177. The fourth-order valence-corrected chi connectivity index (χ4v) is 2.21. The predicted molar refractivity (Wildman–Crippen MR) is 62.6 cm³/mol. The van der Waals surface area contributed by atoms with E-state index in [1.54, 1.807) is 0 Å². The molecule has 0 radical (unpaired) electrons. The first kappa shape index (κ1) is 12.0. The van der Waals surface area contributed by atoms with Gasteiger partial charge in [0.2, 0.25) is 0 Å². The molecule has 14 heavy (non-hydrogen) atoms. The maximum atomic E-state index is 3.59. The molecule has 1 aliphatic rings. The maximum Gasteiger partial charge on any atom is 0.0304 e. The predicted octanol–water partition coefficient (Wildman–Crippen LogP) is 2.10. The summed E-state index contributed by atoms with van der Waals surface area (Å²) in [5, 5.41) is 3.59. The summed E-state index contributed by atoms with van der Waals surface area (Å²) >= 11 is 0. The Morgan fingerprint density at radius 1 is 1.50 bits per heavy atom. The lowest BCUT2D eigenvalue weighted by Crippen LogP contribution is -2.62. The average Bonchev–Trinajstić information content (AvgIpc) is 2.11. The van der Waals surface area contributed by atoms with E-state index >= 15 is 0 Å². The highest BCUT2D eigenvalue weighted by atomic mass is 15.3. The van der Waals surface area contributed by atoms with E-state index in [9.17, 15) is 0 Å². The molecule has 1 fully saturated rings. The second kappa shape index (κ2) is 4.63. The van der Waals surface area contributed by atoms with E-state index in [1.165, 1.54) is 19.5 Å². The molecule has 2 atom stereocenters. The van der Waals surface area contributed by atoms with Crippen molar-refractivity contribution in [1.29, 1.82) is 0 Å². The molecular weight excluding hydrogens is 172 g/mol. The summed E-state index contributed by atoms with van der Waals surface area (Å²) in [5.41, 5.74) is 0.372. The Kier molecular flexibility index (Phi) is 3.96. The molecule has 0 aromatic carbocycles. The highest BCUT2D eigenvalue weighted by Gasteiger charge is 2.34. The van der Waals surface area contributed by atoms with E-state index in [0.717, 1.165) is 12.5 Å². The molecule has 1 heterocycles. The molecule has 2 unspecified atom stereocenters. The summed E-state index contributed by atoms with van der Waals surface area (Å²) in [6.07, 6.45) is 1.24. The van der Waals surface area contributed by atoms with Crippen LogP contribution in [0, 0.1) is 5.92 Å². The van der Waals surface area contributed by atoms with Crippen LogP contribution in [-0.2, 0) is 0 Å². The van der Waals surface area contributed by atoms with Crippen molar-refractivity contribution in [3.8, 4) is 0 Å². The van der Waals surface area contributed by atoms with Crippen LogP contribution >= 0.6 is 0 Å². The van der Waals surface area contributed by atoms with Crippen LogP contribution in [0.25, 0.3) is 0 Å². The van der Waals surface area contributed by atoms with Gasteiger partial charge in [-0.15, -0.1) is 0 Å². The van der Waals surface area contributed by atoms with Gasteiger partial charge in [0.15, 0.2) is 0 Å². The maximum absolute atomic E-state index is 3.59. The summed E-state index contributed by atoms with van der Waals surface area (Å²) in [5.74, 6) is 0.770. The van der Waals surface area contributed by atoms with Crippen molar-refractivity contribution in [1.82, 2.24) is 10.2 Å². The zero-order chi connectivity index (χ0) is 10.8. The highest BCUT2D eigenvalue weighted by molar-refractivity contribution is 4.94. The minimum atomic E-state index is 0.372. The molecule has 1 aliphatic heterocycles. The van der Waals surface area contributed by atoms with Gasteiger partial charge in [0.1, 0.15) is 0 Å².